The molecule has 0 spiro atoms. The molecule has 0 nitrogen and oxygen atoms in total. The van der Waals surface area contributed by atoms with Gasteiger partial charge in [-0.05, 0) is 17.3 Å². The lowest BCUT2D eigenvalue weighted by Gasteiger charge is -2.07. The van der Waals surface area contributed by atoms with E-state index in [2.05, 4.69) is 18.8 Å². The van der Waals surface area contributed by atoms with E-state index in [9.17, 15) is 0 Å². The highest BCUT2D eigenvalue weighted by Gasteiger charge is 2.05. The molecule has 1 rings (SSSR count). The van der Waals surface area contributed by atoms with E-state index in [4.69, 9.17) is 12.8 Å². The van der Waals surface area contributed by atoms with Gasteiger partial charge in [-0.1, -0.05) is 56.6 Å². The Labute approximate surface area is 108 Å². The van der Waals surface area contributed by atoms with Gasteiger partial charge in [0.15, 0.2) is 0 Å². The van der Waals surface area contributed by atoms with E-state index in [1.807, 2.05) is 18.2 Å². The molecule has 1 heteroatoms. The fourth-order valence-electron chi connectivity index (χ4n) is 2.03. The van der Waals surface area contributed by atoms with Crippen molar-refractivity contribution in [1.82, 2.24) is 0 Å². The minimum absolute atomic E-state index is 0.304. The number of terminal acetylenes is 2. The fourth-order valence-corrected chi connectivity index (χ4v) is 3.97. The van der Waals surface area contributed by atoms with Crippen molar-refractivity contribution >= 4 is 14.7 Å². The van der Waals surface area contributed by atoms with Crippen molar-refractivity contribution in [2.45, 2.75) is 38.7 Å². The molecule has 0 aliphatic carbocycles. The summed E-state index contributed by atoms with van der Waals surface area (Å²) in [4.78, 5) is 0. The van der Waals surface area contributed by atoms with Gasteiger partial charge in [0, 0.05) is 11.1 Å². The monoisotopic (exact) mass is 240 g/mol. The molecule has 0 bridgehead atoms. The molecular weight excluding hydrogens is 220 g/mol. The van der Waals surface area contributed by atoms with E-state index in [1.54, 1.807) is 0 Å². The minimum atomic E-state index is -0.304. The molecule has 1 aromatic carbocycles. The van der Waals surface area contributed by atoms with Crippen LogP contribution in [0, 0.1) is 24.7 Å². The average Bonchev–Trinajstić information content (AvgIpc) is 2.38. The number of hydrogen-bond donors (Lipinski definition) is 0. The molecule has 0 atom stereocenters. The summed E-state index contributed by atoms with van der Waals surface area (Å²) in [5.74, 6) is 5.52. The van der Waals surface area contributed by atoms with Crippen molar-refractivity contribution in [1.29, 1.82) is 0 Å². The van der Waals surface area contributed by atoms with E-state index < -0.39 is 0 Å². The van der Waals surface area contributed by atoms with Gasteiger partial charge in [0.1, 0.15) is 0 Å². The second-order valence-electron chi connectivity index (χ2n) is 4.28. The molecule has 88 valence electrons. The first-order chi connectivity index (χ1) is 8.33. The lowest BCUT2D eigenvalue weighted by molar-refractivity contribution is 0.701. The van der Waals surface area contributed by atoms with E-state index >= 15 is 0 Å². The predicted octanol–water partition coefficient (Wildman–Crippen LogP) is 2.44. The van der Waals surface area contributed by atoms with Gasteiger partial charge in [0.25, 0.3) is 0 Å². The van der Waals surface area contributed by atoms with E-state index in [-0.39, 0.29) is 9.52 Å². The first-order valence-electron chi connectivity index (χ1n) is 6.38. The lowest BCUT2D eigenvalue weighted by Crippen LogP contribution is -2.21. The highest BCUT2D eigenvalue weighted by molar-refractivity contribution is 6.55. The van der Waals surface area contributed by atoms with Crippen molar-refractivity contribution in [3.8, 4) is 24.7 Å². The largest absolute Gasteiger partial charge is 0.115 e. The van der Waals surface area contributed by atoms with Crippen LogP contribution < -0.4 is 5.19 Å². The standard InChI is InChI=1S/C16H20Si/c1-4-7-8-9-13-17-16-14(5-2)11-10-12-15(16)6-3/h2-3,10-12H,4,7-9,13,17H2,1H3. The molecule has 1 aromatic rings. The van der Waals surface area contributed by atoms with Gasteiger partial charge in [-0.3, -0.25) is 0 Å². The molecule has 0 N–H and O–H groups in total. The van der Waals surface area contributed by atoms with Crippen molar-refractivity contribution < 1.29 is 0 Å². The maximum absolute atomic E-state index is 5.53. The van der Waals surface area contributed by atoms with Gasteiger partial charge in [0.2, 0.25) is 0 Å². The first-order valence-corrected chi connectivity index (χ1v) is 8.09. The molecule has 0 saturated carbocycles. The summed E-state index contributed by atoms with van der Waals surface area (Å²) in [5.41, 5.74) is 2.03. The Bertz CT molecular complexity index is 400. The Morgan fingerprint density at radius 3 is 2.24 bits per heavy atom. The molecule has 0 unspecified atom stereocenters. The molecule has 17 heavy (non-hydrogen) atoms. The van der Waals surface area contributed by atoms with Crippen LogP contribution in [0.2, 0.25) is 6.04 Å². The van der Waals surface area contributed by atoms with Gasteiger partial charge in [-0.25, -0.2) is 0 Å². The molecule has 0 amide bonds. The summed E-state index contributed by atoms with van der Waals surface area (Å²) in [7, 11) is -0.304. The Hall–Kier alpha value is -1.44. The third kappa shape index (κ3) is 4.14. The average molecular weight is 240 g/mol. The smallest absolute Gasteiger partial charge is 0.0580 e. The molecule has 0 aliphatic rings. The maximum atomic E-state index is 5.53. The second kappa shape index (κ2) is 7.77. The van der Waals surface area contributed by atoms with Gasteiger partial charge >= 0.3 is 0 Å². The van der Waals surface area contributed by atoms with Crippen molar-refractivity contribution in [3.05, 3.63) is 29.3 Å². The number of hydrogen-bond acceptors (Lipinski definition) is 0. The Kier molecular flexibility index (Phi) is 6.23. The first kappa shape index (κ1) is 13.6. The normalized spacial score (nSPS) is 10.3. The third-order valence-corrected chi connectivity index (χ3v) is 5.13. The quantitative estimate of drug-likeness (QED) is 0.407. The molecule has 0 aromatic heterocycles. The predicted molar refractivity (Wildman–Crippen MR) is 79.4 cm³/mol. The fraction of sp³-hybridized carbons (Fsp3) is 0.375. The topological polar surface area (TPSA) is 0 Å². The SMILES string of the molecule is C#Cc1cccc(C#C)c1[SiH2]CCCCCC. The zero-order valence-corrected chi connectivity index (χ0v) is 12.0. The zero-order chi connectivity index (χ0) is 12.5. The number of benzene rings is 1. The molecule has 0 radical (unpaired) electrons. The molecule has 0 saturated heterocycles. The minimum Gasteiger partial charge on any atom is -0.115 e. The Morgan fingerprint density at radius 1 is 1.06 bits per heavy atom. The molecule has 0 aliphatic heterocycles. The highest BCUT2D eigenvalue weighted by atomic mass is 28.2. The third-order valence-electron chi connectivity index (χ3n) is 3.02. The van der Waals surface area contributed by atoms with Gasteiger partial charge < -0.3 is 0 Å². The number of rotatable bonds is 6. The Morgan fingerprint density at radius 2 is 1.71 bits per heavy atom. The van der Waals surface area contributed by atoms with Crippen LogP contribution in [0.15, 0.2) is 18.2 Å². The lowest BCUT2D eigenvalue weighted by atomic mass is 10.1. The summed E-state index contributed by atoms with van der Waals surface area (Å²) < 4.78 is 0. The molecule has 0 fully saturated rings. The van der Waals surface area contributed by atoms with Gasteiger partial charge in [-0.2, -0.15) is 0 Å². The zero-order valence-electron chi connectivity index (χ0n) is 10.6. The summed E-state index contributed by atoms with van der Waals surface area (Å²) in [6, 6.07) is 7.29. The number of unbranched alkanes of at least 4 members (excludes halogenated alkanes) is 3. The van der Waals surface area contributed by atoms with Crippen LogP contribution in [-0.2, 0) is 0 Å². The van der Waals surface area contributed by atoms with Crippen LogP contribution in [0.1, 0.15) is 43.7 Å². The summed E-state index contributed by atoms with van der Waals surface area (Å²) in [5, 5.41) is 1.31. The Balaban J connectivity index is 2.63. The summed E-state index contributed by atoms with van der Waals surface area (Å²) in [6.45, 7) is 2.24. The van der Waals surface area contributed by atoms with Crippen LogP contribution in [-0.4, -0.2) is 9.52 Å². The maximum Gasteiger partial charge on any atom is 0.0580 e. The van der Waals surface area contributed by atoms with E-state index in [0.29, 0.717) is 0 Å². The van der Waals surface area contributed by atoms with Crippen molar-refractivity contribution in [2.24, 2.45) is 0 Å². The van der Waals surface area contributed by atoms with Crippen molar-refractivity contribution in [3.63, 3.8) is 0 Å². The van der Waals surface area contributed by atoms with E-state index in [0.717, 1.165) is 11.1 Å². The summed E-state index contributed by atoms with van der Waals surface area (Å²) in [6.07, 6.45) is 16.4. The highest BCUT2D eigenvalue weighted by Crippen LogP contribution is 2.05. The van der Waals surface area contributed by atoms with Crippen molar-refractivity contribution in [2.75, 3.05) is 0 Å². The molecule has 0 heterocycles. The van der Waals surface area contributed by atoms with Crippen LogP contribution in [0.5, 0.6) is 0 Å². The van der Waals surface area contributed by atoms with Crippen LogP contribution in [0.3, 0.4) is 0 Å². The van der Waals surface area contributed by atoms with Gasteiger partial charge in [-0.15, -0.1) is 12.8 Å². The second-order valence-corrected chi connectivity index (χ2v) is 6.20. The van der Waals surface area contributed by atoms with Crippen LogP contribution >= 0.6 is 0 Å². The molecular formula is C16H20Si. The summed E-state index contributed by atoms with van der Waals surface area (Å²) >= 11 is 0. The van der Waals surface area contributed by atoms with Crippen LogP contribution in [0.25, 0.3) is 0 Å². The van der Waals surface area contributed by atoms with E-state index in [1.165, 1.54) is 36.9 Å². The van der Waals surface area contributed by atoms with Crippen LogP contribution in [0.4, 0.5) is 0 Å². The van der Waals surface area contributed by atoms with Gasteiger partial charge in [0.05, 0.1) is 9.52 Å².